The lowest BCUT2D eigenvalue weighted by Crippen LogP contribution is -2.50. The van der Waals surface area contributed by atoms with Gasteiger partial charge in [-0.05, 0) is 50.5 Å². The number of benzene rings is 2. The molecule has 0 aliphatic heterocycles. The molecule has 2 aromatic rings. The molecule has 1 N–H and O–H groups in total. The SMILES string of the molecule is CCC(C(=O)NC(C)C)N(Cc1ccc(C)cc1)C(=O)CSCc1ccc(Cl)c(Cl)c1. The van der Waals surface area contributed by atoms with Crippen LogP contribution in [-0.2, 0) is 21.9 Å². The fraction of sp³-hybridized carbons (Fsp3) is 0.417. The summed E-state index contributed by atoms with van der Waals surface area (Å²) in [6.07, 6.45) is 0.549. The number of hydrogen-bond donors (Lipinski definition) is 1. The summed E-state index contributed by atoms with van der Waals surface area (Å²) in [7, 11) is 0. The average Bonchev–Trinajstić information content (AvgIpc) is 2.71. The first-order valence-electron chi connectivity index (χ1n) is 10.4. The molecule has 0 spiro atoms. The molecule has 0 bridgehead atoms. The fourth-order valence-corrected chi connectivity index (χ4v) is 4.34. The summed E-state index contributed by atoms with van der Waals surface area (Å²) in [5, 5.41) is 3.97. The zero-order valence-electron chi connectivity index (χ0n) is 18.5. The van der Waals surface area contributed by atoms with Gasteiger partial charge in [0.15, 0.2) is 0 Å². The van der Waals surface area contributed by atoms with Gasteiger partial charge in [0.1, 0.15) is 6.04 Å². The summed E-state index contributed by atoms with van der Waals surface area (Å²) in [6, 6.07) is 13.0. The lowest BCUT2D eigenvalue weighted by Gasteiger charge is -2.31. The van der Waals surface area contributed by atoms with Crippen LogP contribution in [0.4, 0.5) is 0 Å². The summed E-state index contributed by atoms with van der Waals surface area (Å²) in [5.74, 6) is 0.733. The Labute approximate surface area is 199 Å². The number of amides is 2. The second-order valence-corrected chi connectivity index (χ2v) is 9.64. The van der Waals surface area contributed by atoms with Gasteiger partial charge in [0.05, 0.1) is 15.8 Å². The Morgan fingerprint density at radius 1 is 1.03 bits per heavy atom. The van der Waals surface area contributed by atoms with Crippen molar-refractivity contribution in [2.45, 2.75) is 58.5 Å². The van der Waals surface area contributed by atoms with Crippen molar-refractivity contribution < 1.29 is 9.59 Å². The molecular weight excluding hydrogens is 451 g/mol. The lowest BCUT2D eigenvalue weighted by atomic mass is 10.1. The van der Waals surface area contributed by atoms with Gasteiger partial charge in [-0.1, -0.05) is 66.0 Å². The van der Waals surface area contributed by atoms with E-state index in [0.29, 0.717) is 28.8 Å². The van der Waals surface area contributed by atoms with Crippen molar-refractivity contribution in [3.8, 4) is 0 Å². The molecule has 2 rings (SSSR count). The predicted octanol–water partition coefficient (Wildman–Crippen LogP) is 5.87. The molecule has 2 amide bonds. The largest absolute Gasteiger partial charge is 0.352 e. The van der Waals surface area contributed by atoms with E-state index in [0.717, 1.165) is 16.7 Å². The van der Waals surface area contributed by atoms with Gasteiger partial charge in [0, 0.05) is 18.3 Å². The number of nitrogens with one attached hydrogen (secondary N) is 1. The normalized spacial score (nSPS) is 12.0. The minimum atomic E-state index is -0.512. The Bertz CT molecular complexity index is 888. The van der Waals surface area contributed by atoms with Crippen LogP contribution in [0.5, 0.6) is 0 Å². The van der Waals surface area contributed by atoms with Crippen LogP contribution in [-0.4, -0.2) is 34.6 Å². The molecule has 0 aliphatic carbocycles. The molecule has 1 unspecified atom stereocenters. The summed E-state index contributed by atoms with van der Waals surface area (Å²) in [6.45, 7) is 8.20. The Morgan fingerprint density at radius 3 is 2.26 bits per heavy atom. The van der Waals surface area contributed by atoms with Crippen LogP contribution in [0.3, 0.4) is 0 Å². The van der Waals surface area contributed by atoms with Crippen molar-refractivity contribution in [1.82, 2.24) is 10.2 Å². The summed E-state index contributed by atoms with van der Waals surface area (Å²) in [4.78, 5) is 27.7. The van der Waals surface area contributed by atoms with Gasteiger partial charge in [-0.2, -0.15) is 0 Å². The van der Waals surface area contributed by atoms with Crippen molar-refractivity contribution in [1.29, 1.82) is 0 Å². The number of halogens is 2. The number of hydrogen-bond acceptors (Lipinski definition) is 3. The highest BCUT2D eigenvalue weighted by Gasteiger charge is 2.28. The third-order valence-corrected chi connectivity index (χ3v) is 6.50. The molecule has 31 heavy (non-hydrogen) atoms. The number of nitrogens with zero attached hydrogens (tertiary/aromatic N) is 1. The minimum Gasteiger partial charge on any atom is -0.352 e. The monoisotopic (exact) mass is 480 g/mol. The molecule has 168 valence electrons. The highest BCUT2D eigenvalue weighted by Crippen LogP contribution is 2.25. The number of carbonyl (C=O) groups is 2. The van der Waals surface area contributed by atoms with Crippen LogP contribution in [0.2, 0.25) is 10.0 Å². The van der Waals surface area contributed by atoms with Gasteiger partial charge in [-0.25, -0.2) is 0 Å². The van der Waals surface area contributed by atoms with Crippen molar-refractivity contribution >= 4 is 46.8 Å². The summed E-state index contributed by atoms with van der Waals surface area (Å²) < 4.78 is 0. The third-order valence-electron chi connectivity index (χ3n) is 4.77. The zero-order valence-corrected chi connectivity index (χ0v) is 20.8. The molecular formula is C24H30Cl2N2O2S. The topological polar surface area (TPSA) is 49.4 Å². The molecule has 2 aromatic carbocycles. The highest BCUT2D eigenvalue weighted by molar-refractivity contribution is 7.99. The number of rotatable bonds is 10. The zero-order chi connectivity index (χ0) is 23.0. The second-order valence-electron chi connectivity index (χ2n) is 7.84. The molecule has 0 saturated carbocycles. The Hall–Kier alpha value is -1.69. The van der Waals surface area contributed by atoms with E-state index < -0.39 is 6.04 Å². The molecule has 0 heterocycles. The maximum atomic E-state index is 13.2. The van der Waals surface area contributed by atoms with E-state index in [1.807, 2.05) is 64.1 Å². The van der Waals surface area contributed by atoms with Crippen LogP contribution < -0.4 is 5.32 Å². The Kier molecular flexibility index (Phi) is 10.2. The standard InChI is InChI=1S/C24H30Cl2N2O2S/c1-5-22(24(30)27-16(2)3)28(13-18-8-6-17(4)7-9-18)23(29)15-31-14-19-10-11-20(25)21(26)12-19/h6-12,16,22H,5,13-15H2,1-4H3,(H,27,30). The van der Waals surface area contributed by atoms with E-state index in [9.17, 15) is 9.59 Å². The minimum absolute atomic E-state index is 0.0157. The van der Waals surface area contributed by atoms with Crippen LogP contribution in [0.25, 0.3) is 0 Å². The molecule has 0 saturated heterocycles. The van der Waals surface area contributed by atoms with E-state index in [1.165, 1.54) is 11.8 Å². The van der Waals surface area contributed by atoms with E-state index >= 15 is 0 Å². The van der Waals surface area contributed by atoms with Crippen LogP contribution in [0.1, 0.15) is 43.9 Å². The Balaban J connectivity index is 2.12. The molecule has 7 heteroatoms. The molecule has 0 aliphatic rings. The number of aryl methyl sites for hydroxylation is 1. The van der Waals surface area contributed by atoms with E-state index in [4.69, 9.17) is 23.2 Å². The van der Waals surface area contributed by atoms with Crippen LogP contribution in [0.15, 0.2) is 42.5 Å². The predicted molar refractivity (Wildman–Crippen MR) is 132 cm³/mol. The lowest BCUT2D eigenvalue weighted by molar-refractivity contribution is -0.139. The van der Waals surface area contributed by atoms with Gasteiger partial charge in [-0.15, -0.1) is 11.8 Å². The summed E-state index contributed by atoms with van der Waals surface area (Å²) in [5.41, 5.74) is 3.16. The maximum absolute atomic E-state index is 13.2. The molecule has 1 atom stereocenters. The fourth-order valence-electron chi connectivity index (χ4n) is 3.16. The first-order chi connectivity index (χ1) is 14.7. The van der Waals surface area contributed by atoms with Gasteiger partial charge >= 0.3 is 0 Å². The van der Waals surface area contributed by atoms with Crippen LogP contribution in [0, 0.1) is 6.92 Å². The molecule has 0 fully saturated rings. The summed E-state index contributed by atoms with van der Waals surface area (Å²) >= 11 is 13.6. The third kappa shape index (κ3) is 8.06. The quantitative estimate of drug-likeness (QED) is 0.462. The van der Waals surface area contributed by atoms with E-state index in [1.54, 1.807) is 11.0 Å². The van der Waals surface area contributed by atoms with Gasteiger partial charge in [0.25, 0.3) is 0 Å². The molecule has 4 nitrogen and oxygen atoms in total. The number of carbonyl (C=O) groups excluding carboxylic acids is 2. The number of thioether (sulfide) groups is 1. The van der Waals surface area contributed by atoms with Crippen molar-refractivity contribution in [3.63, 3.8) is 0 Å². The maximum Gasteiger partial charge on any atom is 0.243 e. The molecule has 0 aromatic heterocycles. The first-order valence-corrected chi connectivity index (χ1v) is 12.3. The average molecular weight is 481 g/mol. The van der Waals surface area contributed by atoms with E-state index in [2.05, 4.69) is 5.32 Å². The second kappa shape index (κ2) is 12.4. The van der Waals surface area contributed by atoms with Crippen molar-refractivity contribution in [3.05, 3.63) is 69.2 Å². The first kappa shape index (κ1) is 25.6. The van der Waals surface area contributed by atoms with Crippen molar-refractivity contribution in [2.24, 2.45) is 0 Å². The highest BCUT2D eigenvalue weighted by atomic mass is 35.5. The van der Waals surface area contributed by atoms with Crippen LogP contribution >= 0.6 is 35.0 Å². The van der Waals surface area contributed by atoms with E-state index in [-0.39, 0.29) is 23.6 Å². The van der Waals surface area contributed by atoms with Gasteiger partial charge in [-0.3, -0.25) is 9.59 Å². The molecule has 0 radical (unpaired) electrons. The smallest absolute Gasteiger partial charge is 0.243 e. The van der Waals surface area contributed by atoms with Gasteiger partial charge < -0.3 is 10.2 Å². The van der Waals surface area contributed by atoms with Crippen molar-refractivity contribution in [2.75, 3.05) is 5.75 Å². The van der Waals surface area contributed by atoms with Gasteiger partial charge in [0.2, 0.25) is 11.8 Å². The Morgan fingerprint density at radius 2 is 1.68 bits per heavy atom.